The third-order valence-corrected chi connectivity index (χ3v) is 10.7. The molecule has 3 aliphatic rings. The summed E-state index contributed by atoms with van der Waals surface area (Å²) >= 11 is 0. The largest absolute Gasteiger partial charge is 0.457 e. The third-order valence-electron chi connectivity index (χ3n) is 10.7. The Morgan fingerprint density at radius 1 is 0.378 bits per heavy atom. The molecule has 7 aromatic rings. The van der Waals surface area contributed by atoms with E-state index >= 15 is 0 Å². The maximum absolute atomic E-state index is 6.84. The first kappa shape index (κ1) is 25.0. The SMILES string of the molecule is CC1(C)c2ccccc2-c2ccc(-c3ccc4c(c3)C3(c5cc6ccccc6cc5O4)c4ccccc4-c4ccccc43)cc21. The number of ether oxygens (including phenoxy) is 1. The number of fused-ring (bicyclic) bond motifs is 13. The van der Waals surface area contributed by atoms with Gasteiger partial charge in [0, 0.05) is 16.5 Å². The monoisotopic (exact) mass is 574 g/mol. The summed E-state index contributed by atoms with van der Waals surface area (Å²) in [5, 5.41) is 2.41. The van der Waals surface area contributed by atoms with Crippen LogP contribution in [0.5, 0.6) is 11.5 Å². The van der Waals surface area contributed by atoms with Crippen LogP contribution in [-0.4, -0.2) is 0 Å². The van der Waals surface area contributed by atoms with Crippen molar-refractivity contribution in [3.63, 3.8) is 0 Å². The topological polar surface area (TPSA) is 9.23 Å². The quantitative estimate of drug-likeness (QED) is 0.189. The lowest BCUT2D eigenvalue weighted by molar-refractivity contribution is 0.437. The van der Waals surface area contributed by atoms with Crippen molar-refractivity contribution in [3.8, 4) is 44.9 Å². The molecule has 1 nitrogen and oxygen atoms in total. The van der Waals surface area contributed by atoms with Crippen molar-refractivity contribution >= 4 is 10.8 Å². The molecule has 0 saturated heterocycles. The minimum Gasteiger partial charge on any atom is -0.457 e. The second kappa shape index (κ2) is 8.61. The normalized spacial score (nSPS) is 15.4. The van der Waals surface area contributed by atoms with Crippen molar-refractivity contribution in [1.82, 2.24) is 0 Å². The van der Waals surface area contributed by atoms with E-state index in [1.807, 2.05) is 0 Å². The van der Waals surface area contributed by atoms with Crippen molar-refractivity contribution in [2.24, 2.45) is 0 Å². The lowest BCUT2D eigenvalue weighted by atomic mass is 9.65. The molecule has 0 amide bonds. The molecule has 0 bridgehead atoms. The highest BCUT2D eigenvalue weighted by molar-refractivity contribution is 5.93. The molecular weight excluding hydrogens is 544 g/mol. The lowest BCUT2D eigenvalue weighted by Gasteiger charge is -2.40. The highest BCUT2D eigenvalue weighted by atomic mass is 16.5. The molecule has 0 saturated carbocycles. The second-order valence-corrected chi connectivity index (χ2v) is 13.3. The van der Waals surface area contributed by atoms with Gasteiger partial charge >= 0.3 is 0 Å². The Morgan fingerprint density at radius 2 is 0.867 bits per heavy atom. The fourth-order valence-corrected chi connectivity index (χ4v) is 8.65. The minimum atomic E-state index is -0.498. The zero-order chi connectivity index (χ0) is 29.9. The summed E-state index contributed by atoms with van der Waals surface area (Å²) in [4.78, 5) is 0. The van der Waals surface area contributed by atoms with E-state index in [1.54, 1.807) is 0 Å². The molecule has 45 heavy (non-hydrogen) atoms. The summed E-state index contributed by atoms with van der Waals surface area (Å²) in [6, 6.07) is 53.9. The summed E-state index contributed by atoms with van der Waals surface area (Å²) in [5.74, 6) is 1.85. The second-order valence-electron chi connectivity index (χ2n) is 13.3. The van der Waals surface area contributed by atoms with Gasteiger partial charge in [-0.3, -0.25) is 0 Å². The Morgan fingerprint density at radius 3 is 1.56 bits per heavy atom. The highest BCUT2D eigenvalue weighted by Gasteiger charge is 2.51. The van der Waals surface area contributed by atoms with Gasteiger partial charge in [-0.2, -0.15) is 0 Å². The Bertz CT molecular complexity index is 2340. The predicted molar refractivity (Wildman–Crippen MR) is 184 cm³/mol. The van der Waals surface area contributed by atoms with Gasteiger partial charge in [-0.05, 0) is 96.7 Å². The Labute approximate surface area is 263 Å². The zero-order valence-electron chi connectivity index (χ0n) is 25.3. The van der Waals surface area contributed by atoms with Crippen LogP contribution in [0.25, 0.3) is 44.2 Å². The van der Waals surface area contributed by atoms with E-state index in [4.69, 9.17) is 4.74 Å². The molecule has 2 aliphatic carbocycles. The number of rotatable bonds is 1. The maximum Gasteiger partial charge on any atom is 0.132 e. The summed E-state index contributed by atoms with van der Waals surface area (Å²) in [7, 11) is 0. The Hall–Kier alpha value is -5.40. The first-order valence-corrected chi connectivity index (χ1v) is 15.8. The van der Waals surface area contributed by atoms with Gasteiger partial charge in [0.1, 0.15) is 11.5 Å². The molecule has 0 atom stereocenters. The summed E-state index contributed by atoms with van der Waals surface area (Å²) < 4.78 is 6.84. The van der Waals surface area contributed by atoms with Crippen molar-refractivity contribution in [1.29, 1.82) is 0 Å². The van der Waals surface area contributed by atoms with Crippen LogP contribution in [0.4, 0.5) is 0 Å². The standard InChI is InChI=1S/C44H30O/c1-43(2)35-16-8-5-13-31(35)34-21-19-29(23-38(34)43)30-20-22-41-39(25-30)44(40-24-27-11-3-4-12-28(27)26-42(40)45-41)36-17-9-6-14-32(36)33-15-7-10-18-37(33)44/h3-26H,1-2H3. The molecule has 0 unspecified atom stereocenters. The molecule has 1 spiro atoms. The van der Waals surface area contributed by atoms with E-state index in [0.717, 1.165) is 11.5 Å². The Balaban J connectivity index is 1.26. The van der Waals surface area contributed by atoms with Crippen LogP contribution in [0.3, 0.4) is 0 Å². The molecule has 0 N–H and O–H groups in total. The van der Waals surface area contributed by atoms with Crippen molar-refractivity contribution in [3.05, 3.63) is 179 Å². The van der Waals surface area contributed by atoms with Crippen LogP contribution in [0.15, 0.2) is 146 Å². The smallest absolute Gasteiger partial charge is 0.132 e. The van der Waals surface area contributed by atoms with Gasteiger partial charge in [0.15, 0.2) is 0 Å². The van der Waals surface area contributed by atoms with Gasteiger partial charge in [0.2, 0.25) is 0 Å². The predicted octanol–water partition coefficient (Wildman–Crippen LogP) is 11.3. The van der Waals surface area contributed by atoms with Crippen LogP contribution in [0.1, 0.15) is 47.2 Å². The fourth-order valence-electron chi connectivity index (χ4n) is 8.65. The van der Waals surface area contributed by atoms with Gasteiger partial charge in [0.05, 0.1) is 5.41 Å². The first-order valence-electron chi connectivity index (χ1n) is 15.8. The number of benzene rings is 7. The van der Waals surface area contributed by atoms with Crippen molar-refractivity contribution in [2.45, 2.75) is 24.7 Å². The molecule has 1 heterocycles. The van der Waals surface area contributed by atoms with Gasteiger partial charge in [-0.1, -0.05) is 129 Å². The van der Waals surface area contributed by atoms with Crippen molar-refractivity contribution < 1.29 is 4.74 Å². The van der Waals surface area contributed by atoms with Crippen LogP contribution in [0, 0.1) is 0 Å². The van der Waals surface area contributed by atoms with Gasteiger partial charge in [-0.25, -0.2) is 0 Å². The Kier molecular flexibility index (Phi) is 4.78. The third kappa shape index (κ3) is 3.13. The van der Waals surface area contributed by atoms with Gasteiger partial charge in [-0.15, -0.1) is 0 Å². The molecule has 212 valence electrons. The summed E-state index contributed by atoms with van der Waals surface area (Å²) in [6.07, 6.45) is 0. The zero-order valence-corrected chi connectivity index (χ0v) is 25.3. The van der Waals surface area contributed by atoms with E-state index < -0.39 is 5.41 Å². The molecule has 0 aromatic heterocycles. The van der Waals surface area contributed by atoms with Crippen molar-refractivity contribution in [2.75, 3.05) is 0 Å². The number of hydrogen-bond acceptors (Lipinski definition) is 1. The molecule has 7 aromatic carbocycles. The van der Waals surface area contributed by atoms with Crippen LogP contribution < -0.4 is 4.74 Å². The van der Waals surface area contributed by atoms with Crippen LogP contribution in [-0.2, 0) is 10.8 Å². The van der Waals surface area contributed by atoms with E-state index in [2.05, 4.69) is 159 Å². The molecule has 0 fully saturated rings. The molecule has 1 aliphatic heterocycles. The molecule has 1 heteroatoms. The van der Waals surface area contributed by atoms with Crippen LogP contribution >= 0.6 is 0 Å². The number of hydrogen-bond donors (Lipinski definition) is 0. The summed E-state index contributed by atoms with van der Waals surface area (Å²) in [6.45, 7) is 4.70. The highest BCUT2D eigenvalue weighted by Crippen LogP contribution is 2.63. The van der Waals surface area contributed by atoms with E-state index in [1.165, 1.54) is 77.5 Å². The van der Waals surface area contributed by atoms with Crippen LogP contribution in [0.2, 0.25) is 0 Å². The van der Waals surface area contributed by atoms with E-state index in [9.17, 15) is 0 Å². The first-order chi connectivity index (χ1) is 22.0. The molecular formula is C44H30O. The van der Waals surface area contributed by atoms with Gasteiger partial charge in [0.25, 0.3) is 0 Å². The minimum absolute atomic E-state index is 0.0518. The average Bonchev–Trinajstić information content (AvgIpc) is 3.50. The fraction of sp³-hybridized carbons (Fsp3) is 0.0909. The maximum atomic E-state index is 6.84. The van der Waals surface area contributed by atoms with E-state index in [-0.39, 0.29) is 5.41 Å². The summed E-state index contributed by atoms with van der Waals surface area (Å²) in [5.41, 5.74) is 15.0. The lowest BCUT2D eigenvalue weighted by Crippen LogP contribution is -2.32. The van der Waals surface area contributed by atoms with Gasteiger partial charge < -0.3 is 4.74 Å². The average molecular weight is 575 g/mol. The van der Waals surface area contributed by atoms with E-state index in [0.29, 0.717) is 0 Å². The molecule has 0 radical (unpaired) electrons. The molecule has 10 rings (SSSR count).